The van der Waals surface area contributed by atoms with Crippen molar-refractivity contribution in [2.45, 2.75) is 17.6 Å². The minimum absolute atomic E-state index is 0.105. The molecule has 0 aliphatic carbocycles. The molecule has 0 unspecified atom stereocenters. The van der Waals surface area contributed by atoms with Crippen molar-refractivity contribution in [3.8, 4) is 6.07 Å². The Balaban J connectivity index is 2.99. The largest absolute Gasteiger partial charge is 0.251 e. The summed E-state index contributed by atoms with van der Waals surface area (Å²) in [4.78, 5) is 0. The van der Waals surface area contributed by atoms with Gasteiger partial charge in [-0.05, 0) is 17.9 Å². The quantitative estimate of drug-likeness (QED) is 0.847. The molecule has 1 N–H and O–H groups in total. The fourth-order valence-corrected chi connectivity index (χ4v) is 3.31. The van der Waals surface area contributed by atoms with Gasteiger partial charge < -0.3 is 0 Å². The summed E-state index contributed by atoms with van der Waals surface area (Å²) in [6.45, 7) is 2.27. The van der Waals surface area contributed by atoms with Gasteiger partial charge in [-0.15, -0.1) is 11.3 Å². The SMILES string of the molecule is CCCNS(=O)(=O)c1sccc1C#N. The molecule has 0 amide bonds. The van der Waals surface area contributed by atoms with Gasteiger partial charge in [0.1, 0.15) is 6.07 Å². The maximum Gasteiger partial charge on any atom is 0.251 e. The van der Waals surface area contributed by atoms with E-state index in [2.05, 4.69) is 4.72 Å². The second-order valence-electron chi connectivity index (χ2n) is 2.63. The van der Waals surface area contributed by atoms with E-state index >= 15 is 0 Å². The lowest BCUT2D eigenvalue weighted by Crippen LogP contribution is -2.24. The number of hydrogen-bond acceptors (Lipinski definition) is 4. The van der Waals surface area contributed by atoms with Crippen molar-refractivity contribution < 1.29 is 8.42 Å². The fourth-order valence-electron chi connectivity index (χ4n) is 0.888. The van der Waals surface area contributed by atoms with Gasteiger partial charge in [0.15, 0.2) is 4.21 Å². The first-order valence-corrected chi connectivity index (χ1v) is 6.45. The van der Waals surface area contributed by atoms with Crippen LogP contribution in [0.5, 0.6) is 0 Å². The molecule has 0 saturated carbocycles. The maximum absolute atomic E-state index is 11.6. The fraction of sp³-hybridized carbons (Fsp3) is 0.375. The van der Waals surface area contributed by atoms with Crippen molar-refractivity contribution >= 4 is 21.4 Å². The zero-order valence-corrected chi connectivity index (χ0v) is 9.28. The third-order valence-electron chi connectivity index (χ3n) is 1.54. The van der Waals surface area contributed by atoms with Crippen LogP contribution in [0.4, 0.5) is 0 Å². The van der Waals surface area contributed by atoms with Crippen molar-refractivity contribution in [3.63, 3.8) is 0 Å². The molecule has 0 atom stereocenters. The molecule has 1 rings (SSSR count). The summed E-state index contributed by atoms with van der Waals surface area (Å²) in [5, 5.41) is 10.3. The number of hydrogen-bond donors (Lipinski definition) is 1. The molecule has 0 aliphatic rings. The van der Waals surface area contributed by atoms with Crippen molar-refractivity contribution in [1.82, 2.24) is 4.72 Å². The van der Waals surface area contributed by atoms with E-state index in [9.17, 15) is 8.42 Å². The van der Waals surface area contributed by atoms with E-state index in [1.54, 1.807) is 5.38 Å². The molecule has 76 valence electrons. The second-order valence-corrected chi connectivity index (χ2v) is 5.51. The molecule has 1 aromatic rings. The molecule has 0 fully saturated rings. The van der Waals surface area contributed by atoms with Gasteiger partial charge in [-0.1, -0.05) is 6.92 Å². The third kappa shape index (κ3) is 2.32. The van der Waals surface area contributed by atoms with E-state index < -0.39 is 10.0 Å². The average Bonchev–Trinajstić information content (AvgIpc) is 2.63. The monoisotopic (exact) mass is 230 g/mol. The molecule has 0 aromatic carbocycles. The van der Waals surface area contributed by atoms with E-state index in [0.717, 1.165) is 17.8 Å². The first-order valence-electron chi connectivity index (χ1n) is 4.09. The van der Waals surface area contributed by atoms with Gasteiger partial charge in [0.05, 0.1) is 5.56 Å². The first kappa shape index (κ1) is 11.2. The summed E-state index contributed by atoms with van der Waals surface area (Å²) in [5.74, 6) is 0. The molecule has 1 aromatic heterocycles. The number of nitriles is 1. The minimum Gasteiger partial charge on any atom is -0.210 e. The Labute approximate surface area is 87.2 Å². The van der Waals surface area contributed by atoms with Gasteiger partial charge in [-0.2, -0.15) is 5.26 Å². The maximum atomic E-state index is 11.6. The van der Waals surface area contributed by atoms with Crippen molar-refractivity contribution in [3.05, 3.63) is 17.0 Å². The summed E-state index contributed by atoms with van der Waals surface area (Å²) in [6, 6.07) is 3.35. The molecule has 0 saturated heterocycles. The molecule has 14 heavy (non-hydrogen) atoms. The van der Waals surface area contributed by atoms with Gasteiger partial charge in [-0.25, -0.2) is 13.1 Å². The molecule has 0 bridgehead atoms. The molecule has 0 spiro atoms. The topological polar surface area (TPSA) is 70.0 Å². The Kier molecular flexibility index (Phi) is 3.63. The molecule has 1 heterocycles. The molecular weight excluding hydrogens is 220 g/mol. The lowest BCUT2D eigenvalue weighted by atomic mass is 10.4. The number of sulfonamides is 1. The van der Waals surface area contributed by atoms with Crippen molar-refractivity contribution in [1.29, 1.82) is 5.26 Å². The predicted octanol–water partition coefficient (Wildman–Crippen LogP) is 1.31. The van der Waals surface area contributed by atoms with E-state index in [0.29, 0.717) is 6.54 Å². The first-order chi connectivity index (χ1) is 6.61. The highest BCUT2D eigenvalue weighted by Gasteiger charge is 2.18. The van der Waals surface area contributed by atoms with Gasteiger partial charge in [0.2, 0.25) is 0 Å². The normalized spacial score (nSPS) is 11.1. The van der Waals surface area contributed by atoms with E-state index in [1.165, 1.54) is 6.07 Å². The minimum atomic E-state index is -3.48. The molecule has 4 nitrogen and oxygen atoms in total. The Hall–Kier alpha value is -0.900. The zero-order chi connectivity index (χ0) is 10.6. The second kappa shape index (κ2) is 4.55. The summed E-state index contributed by atoms with van der Waals surface area (Å²) in [5.41, 5.74) is 0.207. The highest BCUT2D eigenvalue weighted by molar-refractivity contribution is 7.91. The van der Waals surface area contributed by atoms with Crippen LogP contribution in [0.1, 0.15) is 18.9 Å². The highest BCUT2D eigenvalue weighted by atomic mass is 32.2. The van der Waals surface area contributed by atoms with Crippen LogP contribution in [0.2, 0.25) is 0 Å². The Morgan fingerprint density at radius 1 is 1.64 bits per heavy atom. The van der Waals surface area contributed by atoms with Crippen LogP contribution in [-0.2, 0) is 10.0 Å². The van der Waals surface area contributed by atoms with Crippen LogP contribution < -0.4 is 4.72 Å². The predicted molar refractivity (Wildman–Crippen MR) is 54.5 cm³/mol. The Morgan fingerprint density at radius 3 is 2.93 bits per heavy atom. The lowest BCUT2D eigenvalue weighted by molar-refractivity contribution is 0.582. The summed E-state index contributed by atoms with van der Waals surface area (Å²) < 4.78 is 25.7. The van der Waals surface area contributed by atoms with Gasteiger partial charge in [0.25, 0.3) is 10.0 Å². The van der Waals surface area contributed by atoms with Crippen molar-refractivity contribution in [2.75, 3.05) is 6.54 Å². The molecule has 0 aliphatic heterocycles. The lowest BCUT2D eigenvalue weighted by Gasteiger charge is -2.02. The van der Waals surface area contributed by atoms with Crippen molar-refractivity contribution in [2.24, 2.45) is 0 Å². The van der Waals surface area contributed by atoms with Crippen LogP contribution in [0.25, 0.3) is 0 Å². The summed E-state index contributed by atoms with van der Waals surface area (Å²) in [6.07, 6.45) is 0.729. The number of rotatable bonds is 4. The van der Waals surface area contributed by atoms with Crippen LogP contribution in [0, 0.1) is 11.3 Å². The summed E-state index contributed by atoms with van der Waals surface area (Å²) >= 11 is 1.06. The number of nitrogens with zero attached hydrogens (tertiary/aromatic N) is 1. The third-order valence-corrected chi connectivity index (χ3v) is 4.48. The summed E-state index contributed by atoms with van der Waals surface area (Å²) in [7, 11) is -3.48. The average molecular weight is 230 g/mol. The van der Waals surface area contributed by atoms with Gasteiger partial charge in [0, 0.05) is 6.54 Å². The van der Waals surface area contributed by atoms with Crippen LogP contribution in [-0.4, -0.2) is 15.0 Å². The van der Waals surface area contributed by atoms with Gasteiger partial charge in [-0.3, -0.25) is 0 Å². The number of thiophene rings is 1. The highest BCUT2D eigenvalue weighted by Crippen LogP contribution is 2.21. The van der Waals surface area contributed by atoms with E-state index in [1.807, 2.05) is 13.0 Å². The number of nitrogens with one attached hydrogen (secondary N) is 1. The van der Waals surface area contributed by atoms with Crippen LogP contribution in [0.3, 0.4) is 0 Å². The van der Waals surface area contributed by atoms with E-state index in [-0.39, 0.29) is 9.77 Å². The van der Waals surface area contributed by atoms with Crippen LogP contribution >= 0.6 is 11.3 Å². The standard InChI is InChI=1S/C8H10N2O2S2/c1-2-4-10-14(11,12)8-7(6-9)3-5-13-8/h3,5,10H,2,4H2,1H3. The zero-order valence-electron chi connectivity index (χ0n) is 7.65. The molecule has 0 radical (unpaired) electrons. The smallest absolute Gasteiger partial charge is 0.210 e. The van der Waals surface area contributed by atoms with Crippen LogP contribution in [0.15, 0.2) is 15.7 Å². The van der Waals surface area contributed by atoms with E-state index in [4.69, 9.17) is 5.26 Å². The molecule has 6 heteroatoms. The van der Waals surface area contributed by atoms with Gasteiger partial charge >= 0.3 is 0 Å². The molecular formula is C8H10N2O2S2. The Morgan fingerprint density at radius 2 is 2.36 bits per heavy atom. The Bertz CT molecular complexity index is 442.